The predicted octanol–water partition coefficient (Wildman–Crippen LogP) is 1.85. The molecule has 2 nitrogen and oxygen atoms in total. The van der Waals surface area contributed by atoms with Gasteiger partial charge in [-0.25, -0.2) is 0 Å². The van der Waals surface area contributed by atoms with Crippen molar-refractivity contribution in [3.05, 3.63) is 0 Å². The summed E-state index contributed by atoms with van der Waals surface area (Å²) >= 11 is -0.0464. The van der Waals surface area contributed by atoms with Gasteiger partial charge in [0.2, 0.25) is 0 Å². The molecule has 6 heteroatoms. The Balaban J connectivity index is 3.52. The minimum absolute atomic E-state index is 0.0211. The van der Waals surface area contributed by atoms with Gasteiger partial charge in [0.05, 0.1) is 6.61 Å². The van der Waals surface area contributed by atoms with E-state index in [-0.39, 0.29) is 42.6 Å². The largest absolute Gasteiger partial charge is 0.441 e. The van der Waals surface area contributed by atoms with Gasteiger partial charge in [0, 0.05) is 18.3 Å². The molecule has 14 heavy (non-hydrogen) atoms. The normalized spacial score (nSPS) is 14.8. The number of hydrogen-bond acceptors (Lipinski definition) is 3. The summed E-state index contributed by atoms with van der Waals surface area (Å²) in [4.78, 5) is 0. The molecule has 0 heterocycles. The second-order valence-corrected chi connectivity index (χ2v) is 4.44. The van der Waals surface area contributed by atoms with E-state index < -0.39 is 5.51 Å². The lowest BCUT2D eigenvalue weighted by Gasteiger charge is -2.19. The first-order valence-electron chi connectivity index (χ1n) is 4.41. The van der Waals surface area contributed by atoms with E-state index in [0.29, 0.717) is 0 Å². The standard InChI is InChI=1S/C8H16F3NOS/c1-6(2)7(5-13)12-3-4-14-8(9,10)11/h6-7,12-13H,3-5H2,1-2H3/t7-/m1/s1. The molecule has 0 aliphatic rings. The Morgan fingerprint density at radius 1 is 1.36 bits per heavy atom. The molecule has 0 saturated heterocycles. The average Bonchev–Trinajstić information content (AvgIpc) is 2.01. The molecule has 86 valence electrons. The maximum atomic E-state index is 11.7. The third kappa shape index (κ3) is 7.46. The number of aliphatic hydroxyl groups excluding tert-OH is 1. The summed E-state index contributed by atoms with van der Waals surface area (Å²) in [7, 11) is 0. The van der Waals surface area contributed by atoms with E-state index in [0.717, 1.165) is 0 Å². The Labute approximate surface area is 86.3 Å². The molecule has 0 saturated carbocycles. The van der Waals surface area contributed by atoms with Gasteiger partial charge in [-0.3, -0.25) is 0 Å². The summed E-state index contributed by atoms with van der Waals surface area (Å²) in [6, 6.07) is -0.121. The van der Waals surface area contributed by atoms with E-state index in [1.54, 1.807) is 0 Å². The van der Waals surface area contributed by atoms with Gasteiger partial charge in [0.25, 0.3) is 0 Å². The van der Waals surface area contributed by atoms with Crippen molar-refractivity contribution < 1.29 is 18.3 Å². The van der Waals surface area contributed by atoms with E-state index in [1.807, 2.05) is 13.8 Å². The van der Waals surface area contributed by atoms with Crippen molar-refractivity contribution >= 4 is 11.8 Å². The van der Waals surface area contributed by atoms with Crippen LogP contribution in [0.25, 0.3) is 0 Å². The molecule has 0 aliphatic heterocycles. The molecule has 0 spiro atoms. The summed E-state index contributed by atoms with van der Waals surface area (Å²) in [5.74, 6) is 0.197. The highest BCUT2D eigenvalue weighted by molar-refractivity contribution is 8.00. The molecule has 0 radical (unpaired) electrons. The van der Waals surface area contributed by atoms with Crippen LogP contribution >= 0.6 is 11.8 Å². The number of aliphatic hydroxyl groups is 1. The monoisotopic (exact) mass is 231 g/mol. The third-order valence-electron chi connectivity index (χ3n) is 1.78. The average molecular weight is 231 g/mol. The molecule has 0 amide bonds. The van der Waals surface area contributed by atoms with E-state index in [4.69, 9.17) is 5.11 Å². The van der Waals surface area contributed by atoms with E-state index in [9.17, 15) is 13.2 Å². The summed E-state index contributed by atoms with van der Waals surface area (Å²) in [5.41, 5.74) is -4.16. The first-order chi connectivity index (χ1) is 6.37. The molecule has 2 N–H and O–H groups in total. The number of thioether (sulfide) groups is 1. The van der Waals surface area contributed by atoms with Gasteiger partial charge in [0.15, 0.2) is 0 Å². The molecule has 0 bridgehead atoms. The SMILES string of the molecule is CC(C)[C@@H](CO)NCCSC(F)(F)F. The maximum absolute atomic E-state index is 11.7. The Morgan fingerprint density at radius 2 is 1.93 bits per heavy atom. The van der Waals surface area contributed by atoms with Crippen LogP contribution in [0.4, 0.5) is 13.2 Å². The molecule has 0 aliphatic carbocycles. The van der Waals surface area contributed by atoms with E-state index in [1.165, 1.54) is 0 Å². The molecule has 0 aromatic heterocycles. The van der Waals surface area contributed by atoms with Crippen LogP contribution in [0.1, 0.15) is 13.8 Å². The lowest BCUT2D eigenvalue weighted by atomic mass is 10.1. The maximum Gasteiger partial charge on any atom is 0.441 e. The highest BCUT2D eigenvalue weighted by Gasteiger charge is 2.27. The summed E-state index contributed by atoms with van der Waals surface area (Å²) in [5, 5.41) is 11.7. The number of rotatable bonds is 6. The Bertz CT molecular complexity index is 152. The van der Waals surface area contributed by atoms with Crippen LogP contribution in [0.3, 0.4) is 0 Å². The molecule has 0 unspecified atom stereocenters. The second kappa shape index (κ2) is 6.53. The quantitative estimate of drug-likeness (QED) is 0.684. The van der Waals surface area contributed by atoms with E-state index >= 15 is 0 Å². The molecular weight excluding hydrogens is 215 g/mol. The van der Waals surface area contributed by atoms with Crippen molar-refractivity contribution in [1.29, 1.82) is 0 Å². The van der Waals surface area contributed by atoms with Crippen molar-refractivity contribution in [3.63, 3.8) is 0 Å². The third-order valence-corrected chi connectivity index (χ3v) is 2.51. The number of nitrogens with one attached hydrogen (secondary N) is 1. The topological polar surface area (TPSA) is 32.3 Å². The first-order valence-corrected chi connectivity index (χ1v) is 5.40. The minimum atomic E-state index is -4.16. The Kier molecular flexibility index (Phi) is 6.55. The lowest BCUT2D eigenvalue weighted by Crippen LogP contribution is -2.38. The summed E-state index contributed by atoms with van der Waals surface area (Å²) in [6.45, 7) is 4.03. The molecule has 0 rings (SSSR count). The fourth-order valence-corrected chi connectivity index (χ4v) is 1.37. The minimum Gasteiger partial charge on any atom is -0.395 e. The van der Waals surface area contributed by atoms with E-state index in [2.05, 4.69) is 5.32 Å². The van der Waals surface area contributed by atoms with Gasteiger partial charge in [-0.15, -0.1) is 0 Å². The fraction of sp³-hybridized carbons (Fsp3) is 1.00. The lowest BCUT2D eigenvalue weighted by molar-refractivity contribution is -0.0327. The van der Waals surface area contributed by atoms with Crippen LogP contribution in [-0.2, 0) is 0 Å². The van der Waals surface area contributed by atoms with Gasteiger partial charge in [-0.05, 0) is 17.7 Å². The van der Waals surface area contributed by atoms with Gasteiger partial charge >= 0.3 is 5.51 Å². The van der Waals surface area contributed by atoms with Crippen LogP contribution in [0.2, 0.25) is 0 Å². The number of alkyl halides is 3. The predicted molar refractivity (Wildman–Crippen MR) is 52.2 cm³/mol. The molecule has 0 fully saturated rings. The summed E-state index contributed by atoms with van der Waals surface area (Å²) in [6.07, 6.45) is 0. The van der Waals surface area contributed by atoms with Gasteiger partial charge in [-0.2, -0.15) is 13.2 Å². The van der Waals surface area contributed by atoms with Gasteiger partial charge in [0.1, 0.15) is 0 Å². The van der Waals surface area contributed by atoms with Crippen molar-refractivity contribution in [2.45, 2.75) is 25.4 Å². The molecular formula is C8H16F3NOS. The number of halogens is 3. The number of hydrogen-bond donors (Lipinski definition) is 2. The fourth-order valence-electron chi connectivity index (χ4n) is 0.922. The zero-order valence-corrected chi connectivity index (χ0v) is 9.08. The zero-order valence-electron chi connectivity index (χ0n) is 8.27. The van der Waals surface area contributed by atoms with Crippen molar-refractivity contribution in [2.24, 2.45) is 5.92 Å². The van der Waals surface area contributed by atoms with Crippen LogP contribution in [-0.4, -0.2) is 35.6 Å². The van der Waals surface area contributed by atoms with Crippen molar-refractivity contribution in [3.8, 4) is 0 Å². The van der Waals surface area contributed by atoms with Gasteiger partial charge < -0.3 is 10.4 Å². The highest BCUT2D eigenvalue weighted by atomic mass is 32.2. The van der Waals surface area contributed by atoms with Crippen LogP contribution in [0.15, 0.2) is 0 Å². The van der Waals surface area contributed by atoms with Crippen LogP contribution in [0, 0.1) is 5.92 Å². The Hall–Kier alpha value is 0.0600. The molecule has 1 atom stereocenters. The first kappa shape index (κ1) is 14.1. The Morgan fingerprint density at radius 3 is 2.29 bits per heavy atom. The van der Waals surface area contributed by atoms with Gasteiger partial charge in [-0.1, -0.05) is 13.8 Å². The van der Waals surface area contributed by atoms with Crippen LogP contribution in [0.5, 0.6) is 0 Å². The zero-order chi connectivity index (χ0) is 11.2. The second-order valence-electron chi connectivity index (χ2n) is 3.28. The highest BCUT2D eigenvalue weighted by Crippen LogP contribution is 2.29. The van der Waals surface area contributed by atoms with Crippen LogP contribution < -0.4 is 5.32 Å². The summed E-state index contributed by atoms with van der Waals surface area (Å²) < 4.78 is 35.1. The molecule has 0 aromatic carbocycles. The van der Waals surface area contributed by atoms with Crippen molar-refractivity contribution in [2.75, 3.05) is 18.9 Å². The smallest absolute Gasteiger partial charge is 0.395 e. The van der Waals surface area contributed by atoms with Crippen molar-refractivity contribution in [1.82, 2.24) is 5.32 Å². The molecule has 0 aromatic rings.